The highest BCUT2D eigenvalue weighted by Crippen LogP contribution is 2.34. The van der Waals surface area contributed by atoms with Gasteiger partial charge >= 0.3 is 0 Å². The number of ether oxygens (including phenoxy) is 2. The van der Waals surface area contributed by atoms with Crippen molar-refractivity contribution in [3.8, 4) is 28.6 Å². The highest BCUT2D eigenvalue weighted by Gasteiger charge is 2.27. The molecule has 0 aliphatic heterocycles. The minimum atomic E-state index is 0.132. The van der Waals surface area contributed by atoms with E-state index in [1.807, 2.05) is 19.1 Å². The first-order chi connectivity index (χ1) is 18.1. The van der Waals surface area contributed by atoms with Crippen LogP contribution in [0.15, 0.2) is 42.9 Å². The highest BCUT2D eigenvalue weighted by atomic mass is 16.5. The van der Waals surface area contributed by atoms with E-state index in [2.05, 4.69) is 20.2 Å². The van der Waals surface area contributed by atoms with Gasteiger partial charge in [-0.15, -0.1) is 0 Å². The van der Waals surface area contributed by atoms with E-state index in [4.69, 9.17) is 24.9 Å². The van der Waals surface area contributed by atoms with Crippen molar-refractivity contribution >= 4 is 17.7 Å². The predicted molar refractivity (Wildman–Crippen MR) is 143 cm³/mol. The van der Waals surface area contributed by atoms with Crippen molar-refractivity contribution in [3.05, 3.63) is 54.2 Å². The summed E-state index contributed by atoms with van der Waals surface area (Å²) >= 11 is 0. The molecule has 1 fully saturated rings. The first-order valence-electron chi connectivity index (χ1n) is 12.4. The number of methoxy groups -OCH3 is 1. The molecule has 37 heavy (non-hydrogen) atoms. The maximum absolute atomic E-state index is 9.31. The van der Waals surface area contributed by atoms with E-state index in [1.165, 1.54) is 12.6 Å². The van der Waals surface area contributed by atoms with Crippen LogP contribution in [0.5, 0.6) is 17.4 Å². The Morgan fingerprint density at radius 3 is 2.73 bits per heavy atom. The van der Waals surface area contributed by atoms with Gasteiger partial charge in [0.2, 0.25) is 11.8 Å². The number of allylic oxidation sites excluding steroid dienone is 1. The van der Waals surface area contributed by atoms with Gasteiger partial charge in [-0.1, -0.05) is 0 Å². The molecule has 3 N–H and O–H groups in total. The van der Waals surface area contributed by atoms with Gasteiger partial charge in [0.1, 0.15) is 11.5 Å². The smallest absolute Gasteiger partial charge is 0.228 e. The molecule has 1 aliphatic carbocycles. The van der Waals surface area contributed by atoms with Gasteiger partial charge in [-0.25, -0.2) is 9.97 Å². The molecular formula is C27H33N7O3. The molecule has 3 aromatic rings. The number of nitrogens with zero attached hydrogens (tertiary/aromatic N) is 5. The fourth-order valence-corrected chi connectivity index (χ4v) is 4.12. The van der Waals surface area contributed by atoms with Crippen LogP contribution in [0.2, 0.25) is 0 Å². The van der Waals surface area contributed by atoms with Gasteiger partial charge in [0.05, 0.1) is 29.8 Å². The third kappa shape index (κ3) is 6.03. The third-order valence-corrected chi connectivity index (χ3v) is 6.29. The average Bonchev–Trinajstić information content (AvgIpc) is 2.89. The fourth-order valence-electron chi connectivity index (χ4n) is 4.12. The van der Waals surface area contributed by atoms with Crippen LogP contribution in [-0.4, -0.2) is 64.6 Å². The van der Waals surface area contributed by atoms with Crippen molar-refractivity contribution in [3.63, 3.8) is 0 Å². The number of hydrogen-bond acceptors (Lipinski definition) is 10. The number of hydrogen-bond donors (Lipinski definition) is 3. The molecule has 3 heterocycles. The zero-order valence-corrected chi connectivity index (χ0v) is 21.4. The van der Waals surface area contributed by atoms with Gasteiger partial charge in [0, 0.05) is 62.7 Å². The van der Waals surface area contributed by atoms with E-state index in [0.29, 0.717) is 70.6 Å². The number of anilines is 1. The number of aryl methyl sites for hydroxylation is 1. The van der Waals surface area contributed by atoms with Crippen LogP contribution in [0.4, 0.5) is 5.95 Å². The van der Waals surface area contributed by atoms with Crippen molar-refractivity contribution in [1.82, 2.24) is 25.3 Å². The summed E-state index contributed by atoms with van der Waals surface area (Å²) in [5.74, 6) is 2.26. The molecular weight excluding hydrogens is 470 g/mol. The van der Waals surface area contributed by atoms with Crippen LogP contribution >= 0.6 is 0 Å². The molecule has 10 heteroatoms. The van der Waals surface area contributed by atoms with Crippen LogP contribution < -0.4 is 19.7 Å². The second-order valence-electron chi connectivity index (χ2n) is 8.74. The topological polar surface area (TPSA) is 129 Å². The SMILES string of the molecule is CN/C=C(\C=N)c1cc(Oc2ccc(-c3cnc(N(CCCO)C4CCC4)nc3OC)nc2C)ccn1. The second kappa shape index (κ2) is 12.3. The molecule has 0 saturated heterocycles. The lowest BCUT2D eigenvalue weighted by atomic mass is 9.91. The Labute approximate surface area is 216 Å². The number of aliphatic hydroxyl groups is 1. The lowest BCUT2D eigenvalue weighted by Gasteiger charge is -2.37. The van der Waals surface area contributed by atoms with Crippen molar-refractivity contribution in [2.45, 2.75) is 38.6 Å². The molecule has 194 valence electrons. The number of aromatic nitrogens is 4. The lowest BCUT2D eigenvalue weighted by molar-refractivity contribution is 0.282. The van der Waals surface area contributed by atoms with Crippen LogP contribution in [0, 0.1) is 12.3 Å². The summed E-state index contributed by atoms with van der Waals surface area (Å²) in [7, 11) is 3.36. The summed E-state index contributed by atoms with van der Waals surface area (Å²) in [6, 6.07) is 7.65. The first kappa shape index (κ1) is 26.0. The molecule has 1 aliphatic rings. The summed E-state index contributed by atoms with van der Waals surface area (Å²) < 4.78 is 11.7. The standard InChI is InChI=1S/C27H33N7O3/c1-18-25(37-21-10-11-30-24(14-21)19(15-28)16-29-2)9-8-23(32-18)22-17-31-27(33-26(22)36-3)34(12-5-13-35)20-6-4-7-20/h8-11,14-17,20,28-29,35H,4-7,12-13H2,1-3H3/b19-16+,28-15?. The first-order valence-corrected chi connectivity index (χ1v) is 12.4. The van der Waals surface area contributed by atoms with E-state index >= 15 is 0 Å². The van der Waals surface area contributed by atoms with Crippen molar-refractivity contribution in [2.24, 2.45) is 0 Å². The Hall–Kier alpha value is -4.05. The average molecular weight is 504 g/mol. The van der Waals surface area contributed by atoms with Gasteiger partial charge < -0.3 is 30.2 Å². The van der Waals surface area contributed by atoms with Gasteiger partial charge in [0.15, 0.2) is 0 Å². The fraction of sp³-hybridized carbons (Fsp3) is 0.370. The number of pyridine rings is 2. The van der Waals surface area contributed by atoms with E-state index in [0.717, 1.165) is 12.8 Å². The van der Waals surface area contributed by atoms with Gasteiger partial charge in [0.25, 0.3) is 0 Å². The molecule has 0 spiro atoms. The van der Waals surface area contributed by atoms with E-state index in [9.17, 15) is 5.11 Å². The molecule has 0 radical (unpaired) electrons. The Bertz CT molecular complexity index is 1260. The summed E-state index contributed by atoms with van der Waals surface area (Å²) in [5.41, 5.74) is 3.33. The molecule has 0 atom stereocenters. The predicted octanol–water partition coefficient (Wildman–Crippen LogP) is 3.99. The van der Waals surface area contributed by atoms with Gasteiger partial charge in [-0.05, 0) is 50.8 Å². The zero-order valence-electron chi connectivity index (χ0n) is 21.4. The largest absolute Gasteiger partial charge is 0.480 e. The van der Waals surface area contributed by atoms with Crippen molar-refractivity contribution in [2.75, 3.05) is 32.2 Å². The minimum absolute atomic E-state index is 0.132. The molecule has 1 saturated carbocycles. The molecule has 3 aromatic heterocycles. The molecule has 0 unspecified atom stereocenters. The maximum atomic E-state index is 9.31. The molecule has 4 rings (SSSR count). The number of aliphatic hydroxyl groups excluding tert-OH is 1. The summed E-state index contributed by atoms with van der Waals surface area (Å²) in [6.45, 7) is 2.71. The van der Waals surface area contributed by atoms with Crippen molar-refractivity contribution in [1.29, 1.82) is 5.41 Å². The maximum Gasteiger partial charge on any atom is 0.228 e. The van der Waals surface area contributed by atoms with Crippen LogP contribution in [0.25, 0.3) is 16.8 Å². The third-order valence-electron chi connectivity index (χ3n) is 6.29. The van der Waals surface area contributed by atoms with Crippen LogP contribution in [0.1, 0.15) is 37.1 Å². The molecule has 0 aromatic carbocycles. The van der Waals surface area contributed by atoms with Crippen LogP contribution in [-0.2, 0) is 0 Å². The Morgan fingerprint density at radius 2 is 2.08 bits per heavy atom. The molecule has 0 bridgehead atoms. The molecule has 0 amide bonds. The quantitative estimate of drug-likeness (QED) is 0.314. The second-order valence-corrected chi connectivity index (χ2v) is 8.74. The monoisotopic (exact) mass is 503 g/mol. The van der Waals surface area contributed by atoms with Crippen molar-refractivity contribution < 1.29 is 14.6 Å². The summed E-state index contributed by atoms with van der Waals surface area (Å²) in [4.78, 5) is 20.6. The Morgan fingerprint density at radius 1 is 1.24 bits per heavy atom. The van der Waals surface area contributed by atoms with E-state index < -0.39 is 0 Å². The number of rotatable bonds is 12. The summed E-state index contributed by atoms with van der Waals surface area (Å²) in [6.07, 6.45) is 10.4. The Balaban J connectivity index is 1.57. The van der Waals surface area contributed by atoms with E-state index in [-0.39, 0.29) is 6.61 Å². The zero-order chi connectivity index (χ0) is 26.2. The minimum Gasteiger partial charge on any atom is -0.480 e. The molecule has 10 nitrogen and oxygen atoms in total. The van der Waals surface area contributed by atoms with Crippen LogP contribution in [0.3, 0.4) is 0 Å². The van der Waals surface area contributed by atoms with Gasteiger partial charge in [-0.2, -0.15) is 4.98 Å². The highest BCUT2D eigenvalue weighted by molar-refractivity contribution is 6.07. The number of nitrogens with one attached hydrogen (secondary N) is 2. The lowest BCUT2D eigenvalue weighted by Crippen LogP contribution is -2.42. The Kier molecular flexibility index (Phi) is 8.63. The summed E-state index contributed by atoms with van der Waals surface area (Å²) in [5, 5.41) is 19.8. The normalized spacial score (nSPS) is 13.6. The van der Waals surface area contributed by atoms with E-state index in [1.54, 1.807) is 44.9 Å². The van der Waals surface area contributed by atoms with Gasteiger partial charge in [-0.3, -0.25) is 4.98 Å².